The van der Waals surface area contributed by atoms with E-state index in [1.807, 2.05) is 0 Å². The minimum atomic E-state index is -0.426. The lowest BCUT2D eigenvalue weighted by Gasteiger charge is -2.19. The molecule has 3 rings (SSSR count). The normalized spacial score (nSPS) is 27.2. The summed E-state index contributed by atoms with van der Waals surface area (Å²) < 4.78 is 0. The average molecular weight is 231 g/mol. The van der Waals surface area contributed by atoms with Crippen molar-refractivity contribution in [2.75, 3.05) is 11.9 Å². The molecule has 2 atom stereocenters. The first-order valence-electron chi connectivity index (χ1n) is 5.63. The zero-order valence-electron chi connectivity index (χ0n) is 9.22. The molecule has 0 bridgehead atoms. The van der Waals surface area contributed by atoms with Gasteiger partial charge in [0, 0.05) is 12.6 Å². The van der Waals surface area contributed by atoms with Gasteiger partial charge in [0.15, 0.2) is 0 Å². The van der Waals surface area contributed by atoms with Crippen molar-refractivity contribution in [3.63, 3.8) is 0 Å². The molecule has 5 heteroatoms. The molecular formula is C12H13N3O2. The van der Waals surface area contributed by atoms with Gasteiger partial charge in [0.2, 0.25) is 5.91 Å². The van der Waals surface area contributed by atoms with Crippen molar-refractivity contribution >= 4 is 17.5 Å². The Balaban J connectivity index is 2.08. The van der Waals surface area contributed by atoms with E-state index in [1.165, 1.54) is 0 Å². The standard InChI is InChI=1S/C12H13N3O2/c13-7-5-10-11(16)14-9-4-2-1-3-8(9)12(17)15(10)6-7/h1-4,7,10H,5-6,13H2,(H,14,16)/t7?,10-/m0/s1. The third-order valence-corrected chi connectivity index (χ3v) is 3.31. The average Bonchev–Trinajstić information content (AvgIpc) is 2.67. The number of benzene rings is 1. The van der Waals surface area contributed by atoms with Crippen LogP contribution in [0.15, 0.2) is 24.3 Å². The Morgan fingerprint density at radius 3 is 2.88 bits per heavy atom. The zero-order chi connectivity index (χ0) is 12.0. The van der Waals surface area contributed by atoms with Crippen LogP contribution in [0.5, 0.6) is 0 Å². The Bertz CT molecular complexity index is 500. The molecule has 2 aliphatic heterocycles. The number of fused-ring (bicyclic) bond motifs is 2. The summed E-state index contributed by atoms with van der Waals surface area (Å²) in [4.78, 5) is 25.9. The van der Waals surface area contributed by atoms with E-state index in [-0.39, 0.29) is 17.9 Å². The van der Waals surface area contributed by atoms with Gasteiger partial charge in [0.05, 0.1) is 11.3 Å². The molecule has 2 heterocycles. The van der Waals surface area contributed by atoms with Crippen LogP contribution in [0.25, 0.3) is 0 Å². The molecule has 0 spiro atoms. The summed E-state index contributed by atoms with van der Waals surface area (Å²) in [5.41, 5.74) is 6.94. The first-order valence-corrected chi connectivity index (χ1v) is 5.63. The van der Waals surface area contributed by atoms with Crippen molar-refractivity contribution < 1.29 is 9.59 Å². The van der Waals surface area contributed by atoms with Crippen molar-refractivity contribution in [2.24, 2.45) is 5.73 Å². The molecule has 1 aromatic rings. The van der Waals surface area contributed by atoms with Crippen molar-refractivity contribution in [1.29, 1.82) is 0 Å². The van der Waals surface area contributed by atoms with Crippen molar-refractivity contribution in [2.45, 2.75) is 18.5 Å². The molecule has 88 valence electrons. The molecule has 1 aromatic carbocycles. The minimum Gasteiger partial charge on any atom is -0.326 e. The highest BCUT2D eigenvalue weighted by molar-refractivity contribution is 6.10. The van der Waals surface area contributed by atoms with Crippen LogP contribution in [0, 0.1) is 0 Å². The van der Waals surface area contributed by atoms with E-state index in [0.717, 1.165) is 0 Å². The molecule has 3 N–H and O–H groups in total. The molecule has 2 amide bonds. The quantitative estimate of drug-likeness (QED) is 0.668. The summed E-state index contributed by atoms with van der Waals surface area (Å²) in [6, 6.07) is 6.52. The van der Waals surface area contributed by atoms with Crippen molar-refractivity contribution in [1.82, 2.24) is 4.90 Å². The van der Waals surface area contributed by atoms with Crippen molar-refractivity contribution in [3.8, 4) is 0 Å². The van der Waals surface area contributed by atoms with Gasteiger partial charge in [-0.1, -0.05) is 12.1 Å². The lowest BCUT2D eigenvalue weighted by Crippen LogP contribution is -2.40. The summed E-state index contributed by atoms with van der Waals surface area (Å²) in [6.45, 7) is 0.450. The maximum atomic E-state index is 12.3. The number of carbonyl (C=O) groups excluding carboxylic acids is 2. The largest absolute Gasteiger partial charge is 0.326 e. The minimum absolute atomic E-state index is 0.111. The summed E-state index contributed by atoms with van der Waals surface area (Å²) in [6.07, 6.45) is 0.533. The number of nitrogens with two attached hydrogens (primary N) is 1. The molecule has 0 saturated carbocycles. The molecule has 1 unspecified atom stereocenters. The third kappa shape index (κ3) is 1.51. The highest BCUT2D eigenvalue weighted by Crippen LogP contribution is 2.27. The van der Waals surface area contributed by atoms with Gasteiger partial charge in [-0.3, -0.25) is 9.59 Å². The number of hydrogen-bond donors (Lipinski definition) is 2. The molecule has 2 aliphatic rings. The van der Waals surface area contributed by atoms with Gasteiger partial charge < -0.3 is 16.0 Å². The number of nitrogens with one attached hydrogen (secondary N) is 1. The topological polar surface area (TPSA) is 75.4 Å². The summed E-state index contributed by atoms with van der Waals surface area (Å²) in [5, 5.41) is 2.79. The Kier molecular flexibility index (Phi) is 2.16. The monoisotopic (exact) mass is 231 g/mol. The zero-order valence-corrected chi connectivity index (χ0v) is 9.22. The van der Waals surface area contributed by atoms with Crippen LogP contribution in [-0.4, -0.2) is 35.3 Å². The van der Waals surface area contributed by atoms with Crippen LogP contribution in [-0.2, 0) is 4.79 Å². The predicted molar refractivity (Wildman–Crippen MR) is 62.5 cm³/mol. The Morgan fingerprint density at radius 2 is 2.06 bits per heavy atom. The number of nitrogens with zero attached hydrogens (tertiary/aromatic N) is 1. The number of hydrogen-bond acceptors (Lipinski definition) is 3. The molecule has 17 heavy (non-hydrogen) atoms. The van der Waals surface area contributed by atoms with E-state index in [9.17, 15) is 9.59 Å². The van der Waals surface area contributed by atoms with Crippen LogP contribution in [0.3, 0.4) is 0 Å². The van der Waals surface area contributed by atoms with Gasteiger partial charge in [-0.2, -0.15) is 0 Å². The fraction of sp³-hybridized carbons (Fsp3) is 0.333. The predicted octanol–water partition coefficient (Wildman–Crippen LogP) is 0.180. The van der Waals surface area contributed by atoms with Gasteiger partial charge in [-0.25, -0.2) is 0 Å². The van der Waals surface area contributed by atoms with Gasteiger partial charge >= 0.3 is 0 Å². The number of para-hydroxylation sites is 1. The second-order valence-corrected chi connectivity index (χ2v) is 4.50. The number of amides is 2. The highest BCUT2D eigenvalue weighted by atomic mass is 16.2. The molecule has 0 aromatic heterocycles. The first kappa shape index (κ1) is 10.3. The van der Waals surface area contributed by atoms with Crippen LogP contribution < -0.4 is 11.1 Å². The summed E-state index contributed by atoms with van der Waals surface area (Å²) in [5.74, 6) is -0.256. The highest BCUT2D eigenvalue weighted by Gasteiger charge is 2.41. The van der Waals surface area contributed by atoms with E-state index in [4.69, 9.17) is 5.73 Å². The van der Waals surface area contributed by atoms with Crippen LogP contribution >= 0.6 is 0 Å². The fourth-order valence-electron chi connectivity index (χ4n) is 2.49. The van der Waals surface area contributed by atoms with Crippen molar-refractivity contribution in [3.05, 3.63) is 29.8 Å². The van der Waals surface area contributed by atoms with E-state index < -0.39 is 6.04 Å². The summed E-state index contributed by atoms with van der Waals surface area (Å²) in [7, 11) is 0. The van der Waals surface area contributed by atoms with E-state index in [0.29, 0.717) is 24.2 Å². The Labute approximate surface area is 98.6 Å². The first-order chi connectivity index (χ1) is 8.16. The smallest absolute Gasteiger partial charge is 0.256 e. The second-order valence-electron chi connectivity index (χ2n) is 4.50. The Hall–Kier alpha value is -1.88. The number of anilines is 1. The molecule has 1 saturated heterocycles. The van der Waals surface area contributed by atoms with Crippen LogP contribution in [0.4, 0.5) is 5.69 Å². The molecule has 0 radical (unpaired) electrons. The van der Waals surface area contributed by atoms with E-state index >= 15 is 0 Å². The van der Waals surface area contributed by atoms with Crippen LogP contribution in [0.2, 0.25) is 0 Å². The van der Waals surface area contributed by atoms with E-state index in [2.05, 4.69) is 5.32 Å². The van der Waals surface area contributed by atoms with Gasteiger partial charge in [-0.15, -0.1) is 0 Å². The summed E-state index contributed by atoms with van der Waals surface area (Å²) >= 11 is 0. The maximum Gasteiger partial charge on any atom is 0.256 e. The lowest BCUT2D eigenvalue weighted by atomic mass is 10.1. The molecule has 0 aliphatic carbocycles. The molecule has 1 fully saturated rings. The third-order valence-electron chi connectivity index (χ3n) is 3.31. The van der Waals surface area contributed by atoms with Gasteiger partial charge in [0.25, 0.3) is 5.91 Å². The molecular weight excluding hydrogens is 218 g/mol. The maximum absolute atomic E-state index is 12.3. The SMILES string of the molecule is NC1C[C@H]2C(=O)Nc3ccccc3C(=O)N2C1. The fourth-order valence-corrected chi connectivity index (χ4v) is 2.49. The molecule has 5 nitrogen and oxygen atoms in total. The number of carbonyl (C=O) groups is 2. The van der Waals surface area contributed by atoms with E-state index in [1.54, 1.807) is 29.2 Å². The van der Waals surface area contributed by atoms with Crippen LogP contribution in [0.1, 0.15) is 16.8 Å². The second kappa shape index (κ2) is 3.56. The van der Waals surface area contributed by atoms with Gasteiger partial charge in [0.1, 0.15) is 6.04 Å². The van der Waals surface area contributed by atoms with Gasteiger partial charge in [-0.05, 0) is 18.6 Å². The lowest BCUT2D eigenvalue weighted by molar-refractivity contribution is -0.119. The Morgan fingerprint density at radius 1 is 1.29 bits per heavy atom. The number of rotatable bonds is 0.